The van der Waals surface area contributed by atoms with Gasteiger partial charge in [-0.3, -0.25) is 9.69 Å². The van der Waals surface area contributed by atoms with Crippen molar-refractivity contribution >= 4 is 28.3 Å². The van der Waals surface area contributed by atoms with Gasteiger partial charge in [0.2, 0.25) is 5.91 Å². The molecular weight excluding hydrogens is 386 g/mol. The highest BCUT2D eigenvalue weighted by molar-refractivity contribution is 5.85. The zero-order valence-corrected chi connectivity index (χ0v) is 18.5. The molecule has 0 saturated carbocycles. The van der Waals surface area contributed by atoms with E-state index in [0.717, 1.165) is 61.4 Å². The maximum Gasteiger partial charge on any atom is 0.223 e. The summed E-state index contributed by atoms with van der Waals surface area (Å²) < 4.78 is 2.22. The number of benzene rings is 1. The third kappa shape index (κ3) is 4.13. The van der Waals surface area contributed by atoms with E-state index < -0.39 is 0 Å². The lowest BCUT2D eigenvalue weighted by Gasteiger charge is -2.34. The SMILES string of the molecule is C[C@H]1CCCCN1CCNC(=O)C1CCN(c2nc3ccccc3n3cccc23)CC1. The van der Waals surface area contributed by atoms with Gasteiger partial charge in [0.05, 0.1) is 16.6 Å². The molecule has 1 aromatic carbocycles. The van der Waals surface area contributed by atoms with Gasteiger partial charge in [-0.05, 0) is 63.4 Å². The molecular formula is C25H33N5O. The second kappa shape index (κ2) is 8.87. The zero-order valence-electron chi connectivity index (χ0n) is 18.5. The molecule has 0 unspecified atom stereocenters. The highest BCUT2D eigenvalue weighted by Gasteiger charge is 2.27. The molecule has 1 amide bonds. The molecule has 6 nitrogen and oxygen atoms in total. The Morgan fingerprint density at radius 3 is 2.68 bits per heavy atom. The summed E-state index contributed by atoms with van der Waals surface area (Å²) in [7, 11) is 0. The fraction of sp³-hybridized carbons (Fsp3) is 0.520. The molecule has 2 fully saturated rings. The topological polar surface area (TPSA) is 52.9 Å². The van der Waals surface area contributed by atoms with Crippen LogP contribution in [0, 0.1) is 5.92 Å². The summed E-state index contributed by atoms with van der Waals surface area (Å²) >= 11 is 0. The van der Waals surface area contributed by atoms with Gasteiger partial charge in [0.15, 0.2) is 5.82 Å². The minimum absolute atomic E-state index is 0.110. The minimum Gasteiger partial charge on any atom is -0.355 e. The van der Waals surface area contributed by atoms with E-state index in [-0.39, 0.29) is 11.8 Å². The van der Waals surface area contributed by atoms with Gasteiger partial charge < -0.3 is 14.6 Å². The minimum atomic E-state index is 0.110. The molecule has 0 aliphatic carbocycles. The highest BCUT2D eigenvalue weighted by Crippen LogP contribution is 2.29. The molecule has 1 atom stereocenters. The van der Waals surface area contributed by atoms with E-state index in [1.165, 1.54) is 25.8 Å². The lowest BCUT2D eigenvalue weighted by molar-refractivity contribution is -0.125. The Morgan fingerprint density at radius 2 is 1.84 bits per heavy atom. The first-order valence-electron chi connectivity index (χ1n) is 11.8. The van der Waals surface area contributed by atoms with Gasteiger partial charge in [-0.1, -0.05) is 18.6 Å². The van der Waals surface area contributed by atoms with Crippen molar-refractivity contribution in [3.8, 4) is 0 Å². The van der Waals surface area contributed by atoms with Crippen molar-refractivity contribution in [1.82, 2.24) is 19.6 Å². The Balaban J connectivity index is 1.19. The maximum absolute atomic E-state index is 12.7. The van der Waals surface area contributed by atoms with Crippen LogP contribution in [0.25, 0.3) is 16.6 Å². The van der Waals surface area contributed by atoms with E-state index in [4.69, 9.17) is 4.98 Å². The molecule has 0 spiro atoms. The molecule has 0 radical (unpaired) electrons. The summed E-state index contributed by atoms with van der Waals surface area (Å²) in [4.78, 5) is 22.6. The predicted molar refractivity (Wildman–Crippen MR) is 126 cm³/mol. The quantitative estimate of drug-likeness (QED) is 0.685. The fourth-order valence-corrected chi connectivity index (χ4v) is 5.25. The van der Waals surface area contributed by atoms with E-state index in [9.17, 15) is 4.79 Å². The van der Waals surface area contributed by atoms with Crippen LogP contribution in [0.1, 0.15) is 39.0 Å². The lowest BCUT2D eigenvalue weighted by atomic mass is 9.96. The fourth-order valence-electron chi connectivity index (χ4n) is 5.25. The summed E-state index contributed by atoms with van der Waals surface area (Å²) in [6, 6.07) is 13.1. The van der Waals surface area contributed by atoms with Gasteiger partial charge in [-0.25, -0.2) is 4.98 Å². The van der Waals surface area contributed by atoms with E-state index in [0.29, 0.717) is 6.04 Å². The van der Waals surface area contributed by atoms with E-state index in [2.05, 4.69) is 63.0 Å². The Labute approximate surface area is 184 Å². The second-order valence-corrected chi connectivity index (χ2v) is 9.12. The van der Waals surface area contributed by atoms with Crippen LogP contribution in [0.15, 0.2) is 42.6 Å². The van der Waals surface area contributed by atoms with Crippen molar-refractivity contribution in [2.24, 2.45) is 5.92 Å². The average Bonchev–Trinajstić information content (AvgIpc) is 3.30. The summed E-state index contributed by atoms with van der Waals surface area (Å²) in [6.07, 6.45) is 7.77. The Morgan fingerprint density at radius 1 is 1.03 bits per heavy atom. The zero-order chi connectivity index (χ0) is 21.2. The van der Waals surface area contributed by atoms with Gasteiger partial charge in [0.1, 0.15) is 0 Å². The Hall–Kier alpha value is -2.60. The number of carbonyl (C=O) groups excluding carboxylic acids is 1. The first-order valence-corrected chi connectivity index (χ1v) is 11.8. The molecule has 2 aliphatic rings. The van der Waals surface area contributed by atoms with Crippen LogP contribution >= 0.6 is 0 Å². The Kier molecular flexibility index (Phi) is 5.81. The second-order valence-electron chi connectivity index (χ2n) is 9.12. The van der Waals surface area contributed by atoms with Crippen LogP contribution in [0.3, 0.4) is 0 Å². The summed E-state index contributed by atoms with van der Waals surface area (Å²) in [5.41, 5.74) is 3.27. The molecule has 1 N–H and O–H groups in total. The predicted octanol–water partition coefficient (Wildman–Crippen LogP) is 3.69. The first kappa shape index (κ1) is 20.3. The number of nitrogens with one attached hydrogen (secondary N) is 1. The summed E-state index contributed by atoms with van der Waals surface area (Å²) in [5, 5.41) is 3.21. The molecule has 0 bridgehead atoms. The average molecular weight is 420 g/mol. The normalized spacial score (nSPS) is 21.1. The number of para-hydroxylation sites is 2. The number of nitrogens with zero attached hydrogens (tertiary/aromatic N) is 4. The Bertz CT molecular complexity index is 1050. The van der Waals surface area contributed by atoms with Crippen LogP contribution in [0.2, 0.25) is 0 Å². The van der Waals surface area contributed by atoms with Crippen LogP contribution in [0.4, 0.5) is 5.82 Å². The van der Waals surface area contributed by atoms with Crippen LogP contribution < -0.4 is 10.2 Å². The molecule has 2 aromatic heterocycles. The number of hydrogen-bond donors (Lipinski definition) is 1. The molecule has 31 heavy (non-hydrogen) atoms. The highest BCUT2D eigenvalue weighted by atomic mass is 16.1. The van der Waals surface area contributed by atoms with Gasteiger partial charge in [0.25, 0.3) is 0 Å². The largest absolute Gasteiger partial charge is 0.355 e. The van der Waals surface area contributed by atoms with Crippen molar-refractivity contribution in [2.45, 2.75) is 45.1 Å². The van der Waals surface area contributed by atoms with Crippen LogP contribution in [-0.4, -0.2) is 59.0 Å². The van der Waals surface area contributed by atoms with Gasteiger partial charge >= 0.3 is 0 Å². The summed E-state index contributed by atoms with van der Waals surface area (Å²) in [6.45, 7) is 6.95. The van der Waals surface area contributed by atoms with E-state index >= 15 is 0 Å². The number of hydrogen-bond acceptors (Lipinski definition) is 4. The first-order chi connectivity index (χ1) is 15.2. The smallest absolute Gasteiger partial charge is 0.223 e. The molecule has 6 heteroatoms. The molecule has 3 aromatic rings. The third-order valence-electron chi connectivity index (χ3n) is 7.15. The third-order valence-corrected chi connectivity index (χ3v) is 7.15. The number of aromatic nitrogens is 2. The van der Waals surface area contributed by atoms with Crippen LogP contribution in [0.5, 0.6) is 0 Å². The van der Waals surface area contributed by atoms with Crippen molar-refractivity contribution in [2.75, 3.05) is 37.6 Å². The monoisotopic (exact) mass is 419 g/mol. The standard InChI is InChI=1S/C25H33N5O/c1-19-7-4-5-14-28(19)18-13-26-25(31)20-11-16-29(17-12-20)24-23-10-6-15-30(23)22-9-3-2-8-21(22)27-24/h2-3,6,8-10,15,19-20H,4-5,7,11-14,16-18H2,1H3,(H,26,31)/t19-/m0/s1. The lowest BCUT2D eigenvalue weighted by Crippen LogP contribution is -2.45. The van der Waals surface area contributed by atoms with Crippen molar-refractivity contribution in [1.29, 1.82) is 0 Å². The molecule has 4 heterocycles. The molecule has 5 rings (SSSR count). The van der Waals surface area contributed by atoms with Gasteiger partial charge in [-0.2, -0.15) is 0 Å². The van der Waals surface area contributed by atoms with Crippen molar-refractivity contribution < 1.29 is 4.79 Å². The van der Waals surface area contributed by atoms with Crippen molar-refractivity contribution in [3.63, 3.8) is 0 Å². The maximum atomic E-state index is 12.7. The number of rotatable bonds is 5. The number of amides is 1. The molecule has 2 aliphatic heterocycles. The van der Waals surface area contributed by atoms with E-state index in [1.54, 1.807) is 0 Å². The molecule has 2 saturated heterocycles. The van der Waals surface area contributed by atoms with Gasteiger partial charge in [-0.15, -0.1) is 0 Å². The van der Waals surface area contributed by atoms with Gasteiger partial charge in [0, 0.05) is 44.3 Å². The number of fused-ring (bicyclic) bond motifs is 3. The molecule has 164 valence electrons. The number of likely N-dealkylation sites (tertiary alicyclic amines) is 1. The van der Waals surface area contributed by atoms with E-state index in [1.807, 2.05) is 6.07 Å². The summed E-state index contributed by atoms with van der Waals surface area (Å²) in [5.74, 6) is 1.36. The number of anilines is 1. The number of carbonyl (C=O) groups is 1. The van der Waals surface area contributed by atoms with Crippen LogP contribution in [-0.2, 0) is 4.79 Å². The number of piperidine rings is 2. The van der Waals surface area contributed by atoms with Crippen molar-refractivity contribution in [3.05, 3.63) is 42.6 Å².